The van der Waals surface area contributed by atoms with E-state index in [0.717, 1.165) is 35.9 Å². The number of likely N-dealkylation sites (N-methyl/N-ethyl adjacent to an activating group) is 1. The monoisotopic (exact) mass is 451 g/mol. The standard InChI is InChI=1S/C29H29N3O2/c1-21-17-19-31(20-18-21)24-13-15-25(16-14-24)32-28(33)26(22-9-5-3-6-10-22)27(29(32)34)30(2)23-11-7-4-8-12-23/h3-16,21H,17-20H2,1-2H3. The summed E-state index contributed by atoms with van der Waals surface area (Å²) in [4.78, 5) is 32.9. The predicted molar refractivity (Wildman–Crippen MR) is 138 cm³/mol. The second-order valence-corrected chi connectivity index (χ2v) is 9.12. The van der Waals surface area contributed by atoms with Gasteiger partial charge < -0.3 is 9.80 Å². The van der Waals surface area contributed by atoms with Crippen LogP contribution in [-0.2, 0) is 9.59 Å². The summed E-state index contributed by atoms with van der Waals surface area (Å²) in [6.07, 6.45) is 2.37. The van der Waals surface area contributed by atoms with Gasteiger partial charge >= 0.3 is 0 Å². The first kappa shape index (κ1) is 22.0. The largest absolute Gasteiger partial charge is 0.372 e. The molecule has 1 fully saturated rings. The highest BCUT2D eigenvalue weighted by atomic mass is 16.2. The first-order valence-corrected chi connectivity index (χ1v) is 11.9. The Hall–Kier alpha value is -3.86. The third-order valence-electron chi connectivity index (χ3n) is 6.86. The van der Waals surface area contributed by atoms with E-state index in [1.54, 1.807) is 0 Å². The molecule has 0 unspecified atom stereocenters. The third-order valence-corrected chi connectivity index (χ3v) is 6.86. The minimum atomic E-state index is -0.310. The molecule has 0 bridgehead atoms. The predicted octanol–water partition coefficient (Wildman–Crippen LogP) is 5.34. The van der Waals surface area contributed by atoms with E-state index in [1.807, 2.05) is 96.9 Å². The summed E-state index contributed by atoms with van der Waals surface area (Å²) in [5.41, 5.74) is 4.12. The number of piperidine rings is 1. The summed E-state index contributed by atoms with van der Waals surface area (Å²) >= 11 is 0. The van der Waals surface area contributed by atoms with Gasteiger partial charge in [0.05, 0.1) is 11.3 Å². The van der Waals surface area contributed by atoms with Crippen molar-refractivity contribution in [2.75, 3.05) is 34.8 Å². The lowest BCUT2D eigenvalue weighted by Gasteiger charge is -2.32. The molecule has 2 aliphatic heterocycles. The van der Waals surface area contributed by atoms with Gasteiger partial charge in [-0.2, -0.15) is 0 Å². The van der Waals surface area contributed by atoms with Crippen molar-refractivity contribution in [3.63, 3.8) is 0 Å². The smallest absolute Gasteiger partial charge is 0.282 e. The number of amides is 2. The van der Waals surface area contributed by atoms with Crippen LogP contribution in [0.4, 0.5) is 17.1 Å². The van der Waals surface area contributed by atoms with E-state index in [4.69, 9.17) is 0 Å². The number of carbonyl (C=O) groups is 2. The molecule has 5 rings (SSSR count). The Labute approximate surface area is 200 Å². The number of nitrogens with zero attached hydrogens (tertiary/aromatic N) is 3. The number of imide groups is 1. The average Bonchev–Trinajstić information content (AvgIpc) is 3.15. The molecule has 172 valence electrons. The lowest BCUT2D eigenvalue weighted by atomic mass is 9.99. The zero-order chi connectivity index (χ0) is 23.7. The second kappa shape index (κ2) is 9.18. The highest BCUT2D eigenvalue weighted by molar-refractivity contribution is 6.46. The topological polar surface area (TPSA) is 43.9 Å². The van der Waals surface area contributed by atoms with Crippen LogP contribution < -0.4 is 14.7 Å². The van der Waals surface area contributed by atoms with Gasteiger partial charge in [0.2, 0.25) is 0 Å². The van der Waals surface area contributed by atoms with Crippen molar-refractivity contribution in [3.05, 3.63) is 96.2 Å². The van der Waals surface area contributed by atoms with Crippen molar-refractivity contribution in [2.45, 2.75) is 19.8 Å². The summed E-state index contributed by atoms with van der Waals surface area (Å²) < 4.78 is 0. The van der Waals surface area contributed by atoms with E-state index in [9.17, 15) is 9.59 Å². The molecule has 0 aliphatic carbocycles. The van der Waals surface area contributed by atoms with Crippen molar-refractivity contribution >= 4 is 34.4 Å². The van der Waals surface area contributed by atoms with Gasteiger partial charge in [-0.1, -0.05) is 55.5 Å². The van der Waals surface area contributed by atoms with Crippen LogP contribution in [0.15, 0.2) is 90.6 Å². The van der Waals surface area contributed by atoms with Gasteiger partial charge in [0, 0.05) is 31.5 Å². The molecular formula is C29H29N3O2. The Bertz CT molecular complexity index is 1210. The number of hydrogen-bond donors (Lipinski definition) is 0. The maximum Gasteiger partial charge on any atom is 0.282 e. The van der Waals surface area contributed by atoms with Crippen molar-refractivity contribution in [1.29, 1.82) is 0 Å². The molecule has 0 atom stereocenters. The van der Waals surface area contributed by atoms with Crippen LogP contribution in [0.3, 0.4) is 0 Å². The van der Waals surface area contributed by atoms with Gasteiger partial charge in [-0.15, -0.1) is 0 Å². The fourth-order valence-electron chi connectivity index (χ4n) is 4.79. The fourth-order valence-corrected chi connectivity index (χ4v) is 4.79. The molecule has 3 aromatic carbocycles. The molecule has 3 aromatic rings. The minimum Gasteiger partial charge on any atom is -0.372 e. The molecule has 0 saturated carbocycles. The van der Waals surface area contributed by atoms with Crippen LogP contribution in [0.25, 0.3) is 5.57 Å². The Morgan fingerprint density at radius 2 is 1.29 bits per heavy atom. The lowest BCUT2D eigenvalue weighted by molar-refractivity contribution is -0.120. The number of carbonyl (C=O) groups excluding carboxylic acids is 2. The third kappa shape index (κ3) is 3.98. The summed E-state index contributed by atoms with van der Waals surface area (Å²) in [6.45, 7) is 4.37. The zero-order valence-corrected chi connectivity index (χ0v) is 19.6. The lowest BCUT2D eigenvalue weighted by Crippen LogP contribution is -2.34. The molecule has 0 spiro atoms. The van der Waals surface area contributed by atoms with E-state index in [1.165, 1.54) is 17.7 Å². The van der Waals surface area contributed by atoms with Crippen LogP contribution in [0.2, 0.25) is 0 Å². The molecule has 0 aromatic heterocycles. The van der Waals surface area contributed by atoms with E-state index in [0.29, 0.717) is 17.0 Å². The van der Waals surface area contributed by atoms with E-state index in [-0.39, 0.29) is 11.8 Å². The summed E-state index contributed by atoms with van der Waals surface area (Å²) in [6, 6.07) is 26.9. The molecule has 34 heavy (non-hydrogen) atoms. The summed E-state index contributed by atoms with van der Waals surface area (Å²) in [5.74, 6) is 0.154. The minimum absolute atomic E-state index is 0.298. The van der Waals surface area contributed by atoms with Gasteiger partial charge in [0.25, 0.3) is 11.8 Å². The number of rotatable bonds is 5. The van der Waals surface area contributed by atoms with Crippen LogP contribution >= 0.6 is 0 Å². The quantitative estimate of drug-likeness (QED) is 0.491. The van der Waals surface area contributed by atoms with E-state index >= 15 is 0 Å². The van der Waals surface area contributed by atoms with Crippen LogP contribution in [-0.4, -0.2) is 32.0 Å². The van der Waals surface area contributed by atoms with Gasteiger partial charge in [0.15, 0.2) is 0 Å². The highest BCUT2D eigenvalue weighted by Gasteiger charge is 2.42. The molecule has 5 heteroatoms. The molecule has 1 saturated heterocycles. The molecule has 0 radical (unpaired) electrons. The maximum absolute atomic E-state index is 13.7. The number of benzene rings is 3. The second-order valence-electron chi connectivity index (χ2n) is 9.12. The SMILES string of the molecule is CC1CCN(c2ccc(N3C(=O)C(c4ccccc4)=C(N(C)c4ccccc4)C3=O)cc2)CC1. The first-order chi connectivity index (χ1) is 16.5. The van der Waals surface area contributed by atoms with Crippen LogP contribution in [0.1, 0.15) is 25.3 Å². The summed E-state index contributed by atoms with van der Waals surface area (Å²) in [7, 11) is 1.84. The zero-order valence-electron chi connectivity index (χ0n) is 19.6. The first-order valence-electron chi connectivity index (χ1n) is 11.9. The van der Waals surface area contributed by atoms with Crippen molar-refractivity contribution < 1.29 is 9.59 Å². The van der Waals surface area contributed by atoms with Gasteiger partial charge in [-0.25, -0.2) is 4.90 Å². The van der Waals surface area contributed by atoms with Crippen molar-refractivity contribution in [3.8, 4) is 0 Å². The van der Waals surface area contributed by atoms with E-state index in [2.05, 4.69) is 11.8 Å². The number of para-hydroxylation sites is 1. The molecular weight excluding hydrogens is 422 g/mol. The molecule has 2 aliphatic rings. The average molecular weight is 452 g/mol. The van der Waals surface area contributed by atoms with Crippen LogP contribution in [0, 0.1) is 5.92 Å². The maximum atomic E-state index is 13.7. The molecule has 2 heterocycles. The summed E-state index contributed by atoms with van der Waals surface area (Å²) in [5, 5.41) is 0. The van der Waals surface area contributed by atoms with Gasteiger partial charge in [-0.3, -0.25) is 9.59 Å². The number of anilines is 3. The number of hydrogen-bond acceptors (Lipinski definition) is 4. The Morgan fingerprint density at radius 1 is 0.735 bits per heavy atom. The molecule has 2 amide bonds. The molecule has 5 nitrogen and oxygen atoms in total. The van der Waals surface area contributed by atoms with E-state index < -0.39 is 0 Å². The Morgan fingerprint density at radius 3 is 1.91 bits per heavy atom. The Balaban J connectivity index is 1.50. The fraction of sp³-hybridized carbons (Fsp3) is 0.241. The van der Waals surface area contributed by atoms with Crippen molar-refractivity contribution in [1.82, 2.24) is 0 Å². The van der Waals surface area contributed by atoms with Crippen molar-refractivity contribution in [2.24, 2.45) is 5.92 Å². The highest BCUT2D eigenvalue weighted by Crippen LogP contribution is 2.36. The van der Waals surface area contributed by atoms with Crippen LogP contribution in [0.5, 0.6) is 0 Å². The normalized spacial score (nSPS) is 17.0. The van der Waals surface area contributed by atoms with Gasteiger partial charge in [0.1, 0.15) is 5.70 Å². The van der Waals surface area contributed by atoms with Gasteiger partial charge in [-0.05, 0) is 60.7 Å². The molecule has 0 N–H and O–H groups in total. The Kier molecular flexibility index (Phi) is 5.93.